The molecule has 3 N–H and O–H groups in total. The van der Waals surface area contributed by atoms with Crippen LogP contribution in [-0.4, -0.2) is 33.2 Å². The number of amides is 1. The van der Waals surface area contributed by atoms with Crippen molar-refractivity contribution >= 4 is 38.9 Å². The normalized spacial score (nSPS) is 18.8. The first-order chi connectivity index (χ1) is 9.35. The molecule has 1 aromatic carbocycles. The smallest absolute Gasteiger partial charge is 0.241 e. The van der Waals surface area contributed by atoms with Crippen LogP contribution in [0.2, 0.25) is 5.02 Å². The van der Waals surface area contributed by atoms with Crippen molar-refractivity contribution in [2.24, 2.45) is 0 Å². The molecule has 1 atom stereocenters. The maximum absolute atomic E-state index is 11.9. The minimum Gasteiger partial charge on any atom is -0.325 e. The Balaban J connectivity index is 2.07. The van der Waals surface area contributed by atoms with Gasteiger partial charge in [0.1, 0.15) is 0 Å². The van der Waals surface area contributed by atoms with Gasteiger partial charge in [0.05, 0.1) is 23.0 Å². The number of nitrogens with one attached hydrogen (secondary N) is 3. The van der Waals surface area contributed by atoms with Gasteiger partial charge >= 0.3 is 0 Å². The highest BCUT2D eigenvalue weighted by atomic mass is 35.5. The lowest BCUT2D eigenvalue weighted by molar-refractivity contribution is -0.117. The molecule has 1 aliphatic heterocycles. The second-order valence-electron chi connectivity index (χ2n) is 4.71. The SMILES string of the molecule is CS(=O)(=O)Nc1ccc(NC(=O)C2CCCN2)cc1Cl. The van der Waals surface area contributed by atoms with Crippen molar-refractivity contribution in [2.45, 2.75) is 18.9 Å². The third kappa shape index (κ3) is 4.09. The first-order valence-corrected chi connectivity index (χ1v) is 8.44. The van der Waals surface area contributed by atoms with Gasteiger partial charge in [-0.25, -0.2) is 8.42 Å². The monoisotopic (exact) mass is 317 g/mol. The topological polar surface area (TPSA) is 87.3 Å². The fourth-order valence-electron chi connectivity index (χ4n) is 2.01. The average molecular weight is 318 g/mol. The summed E-state index contributed by atoms with van der Waals surface area (Å²) in [7, 11) is -3.38. The molecule has 2 rings (SSSR count). The first kappa shape index (κ1) is 15.1. The molecule has 1 aromatic rings. The van der Waals surface area contributed by atoms with Crippen LogP contribution in [0.1, 0.15) is 12.8 Å². The molecule has 1 unspecified atom stereocenters. The molecule has 0 bridgehead atoms. The van der Waals surface area contributed by atoms with E-state index in [1.807, 2.05) is 0 Å². The molecule has 8 heteroatoms. The van der Waals surface area contributed by atoms with E-state index in [-0.39, 0.29) is 22.7 Å². The molecule has 6 nitrogen and oxygen atoms in total. The number of hydrogen-bond acceptors (Lipinski definition) is 4. The fourth-order valence-corrected chi connectivity index (χ4v) is 2.87. The molecule has 0 spiro atoms. The Kier molecular flexibility index (Phi) is 4.52. The van der Waals surface area contributed by atoms with Crippen molar-refractivity contribution < 1.29 is 13.2 Å². The lowest BCUT2D eigenvalue weighted by Crippen LogP contribution is -2.35. The first-order valence-electron chi connectivity index (χ1n) is 6.17. The summed E-state index contributed by atoms with van der Waals surface area (Å²) in [6.45, 7) is 0.843. The highest BCUT2D eigenvalue weighted by molar-refractivity contribution is 7.92. The minimum atomic E-state index is -3.38. The highest BCUT2D eigenvalue weighted by Gasteiger charge is 2.22. The summed E-state index contributed by atoms with van der Waals surface area (Å²) >= 11 is 5.98. The molecule has 20 heavy (non-hydrogen) atoms. The van der Waals surface area contributed by atoms with Crippen LogP contribution in [0.15, 0.2) is 18.2 Å². The standard InChI is InChI=1S/C12H16ClN3O3S/c1-20(18,19)16-10-5-4-8(7-9(10)13)15-12(17)11-3-2-6-14-11/h4-5,7,11,14,16H,2-3,6H2,1H3,(H,15,17). The zero-order valence-electron chi connectivity index (χ0n) is 10.9. The Hall–Kier alpha value is -1.31. The Morgan fingerprint density at radius 2 is 2.20 bits per heavy atom. The van der Waals surface area contributed by atoms with Gasteiger partial charge in [0.15, 0.2) is 0 Å². The van der Waals surface area contributed by atoms with Gasteiger partial charge in [-0.15, -0.1) is 0 Å². The summed E-state index contributed by atoms with van der Waals surface area (Å²) in [6, 6.07) is 4.46. The molecule has 1 heterocycles. The van der Waals surface area contributed by atoms with E-state index in [0.717, 1.165) is 25.6 Å². The number of carbonyl (C=O) groups is 1. The molecule has 1 fully saturated rings. The van der Waals surface area contributed by atoms with Crippen LogP contribution in [0.25, 0.3) is 0 Å². The van der Waals surface area contributed by atoms with Crippen LogP contribution in [0.5, 0.6) is 0 Å². The van der Waals surface area contributed by atoms with Crippen molar-refractivity contribution in [1.82, 2.24) is 5.32 Å². The molecule has 1 amide bonds. The molecule has 1 aliphatic rings. The van der Waals surface area contributed by atoms with Gasteiger partial charge in [-0.1, -0.05) is 11.6 Å². The van der Waals surface area contributed by atoms with E-state index in [9.17, 15) is 13.2 Å². The minimum absolute atomic E-state index is 0.109. The van der Waals surface area contributed by atoms with Crippen molar-refractivity contribution in [1.29, 1.82) is 0 Å². The number of halogens is 1. The molecule has 0 aliphatic carbocycles. The molecule has 1 saturated heterocycles. The maximum Gasteiger partial charge on any atom is 0.241 e. The molecule has 110 valence electrons. The third-order valence-corrected chi connectivity index (χ3v) is 3.81. The van der Waals surface area contributed by atoms with E-state index >= 15 is 0 Å². The second-order valence-corrected chi connectivity index (χ2v) is 6.86. The van der Waals surface area contributed by atoms with Crippen LogP contribution >= 0.6 is 11.6 Å². The van der Waals surface area contributed by atoms with Crippen molar-refractivity contribution in [3.05, 3.63) is 23.2 Å². The van der Waals surface area contributed by atoms with E-state index in [4.69, 9.17) is 11.6 Å². The van der Waals surface area contributed by atoms with Gasteiger partial charge < -0.3 is 10.6 Å². The molecule has 0 saturated carbocycles. The van der Waals surface area contributed by atoms with E-state index in [2.05, 4.69) is 15.4 Å². The fraction of sp³-hybridized carbons (Fsp3) is 0.417. The Labute approximate surface area is 122 Å². The average Bonchev–Trinajstić information content (AvgIpc) is 2.85. The quantitative estimate of drug-likeness (QED) is 0.783. The Bertz CT molecular complexity index is 612. The van der Waals surface area contributed by atoms with Gasteiger partial charge in [0.2, 0.25) is 15.9 Å². The van der Waals surface area contributed by atoms with Gasteiger partial charge in [0, 0.05) is 5.69 Å². The van der Waals surface area contributed by atoms with Crippen LogP contribution < -0.4 is 15.4 Å². The number of rotatable bonds is 4. The van der Waals surface area contributed by atoms with Crippen LogP contribution in [0, 0.1) is 0 Å². The number of benzene rings is 1. The van der Waals surface area contributed by atoms with E-state index in [1.165, 1.54) is 12.1 Å². The van der Waals surface area contributed by atoms with Crippen molar-refractivity contribution in [3.8, 4) is 0 Å². The Morgan fingerprint density at radius 1 is 1.45 bits per heavy atom. The van der Waals surface area contributed by atoms with Crippen molar-refractivity contribution in [3.63, 3.8) is 0 Å². The van der Waals surface area contributed by atoms with Gasteiger partial charge in [-0.3, -0.25) is 9.52 Å². The summed E-state index contributed by atoms with van der Waals surface area (Å²) < 4.78 is 24.6. The number of anilines is 2. The van der Waals surface area contributed by atoms with Crippen LogP contribution in [0.3, 0.4) is 0 Å². The summed E-state index contributed by atoms with van der Waals surface area (Å²) in [4.78, 5) is 11.9. The summed E-state index contributed by atoms with van der Waals surface area (Å²) in [5, 5.41) is 6.08. The van der Waals surface area contributed by atoms with Gasteiger partial charge in [-0.05, 0) is 37.6 Å². The lowest BCUT2D eigenvalue weighted by Gasteiger charge is -2.12. The van der Waals surface area contributed by atoms with E-state index in [1.54, 1.807) is 6.07 Å². The number of sulfonamides is 1. The maximum atomic E-state index is 11.9. The van der Waals surface area contributed by atoms with Gasteiger partial charge in [-0.2, -0.15) is 0 Å². The Morgan fingerprint density at radius 3 is 2.75 bits per heavy atom. The van der Waals surface area contributed by atoms with Crippen molar-refractivity contribution in [2.75, 3.05) is 22.8 Å². The summed E-state index contributed by atoms with van der Waals surface area (Å²) in [5.74, 6) is -0.109. The predicted molar refractivity (Wildman–Crippen MR) is 79.6 cm³/mol. The largest absolute Gasteiger partial charge is 0.325 e. The summed E-state index contributed by atoms with van der Waals surface area (Å²) in [5.41, 5.74) is 0.818. The molecule has 0 radical (unpaired) electrons. The van der Waals surface area contributed by atoms with Crippen LogP contribution in [-0.2, 0) is 14.8 Å². The van der Waals surface area contributed by atoms with Crippen LogP contribution in [0.4, 0.5) is 11.4 Å². The molecular weight excluding hydrogens is 302 g/mol. The second kappa shape index (κ2) is 5.99. The zero-order chi connectivity index (χ0) is 14.8. The molecular formula is C12H16ClN3O3S. The zero-order valence-corrected chi connectivity index (χ0v) is 12.5. The predicted octanol–water partition coefficient (Wildman–Crippen LogP) is 1.40. The number of hydrogen-bond donors (Lipinski definition) is 3. The van der Waals surface area contributed by atoms with E-state index in [0.29, 0.717) is 5.69 Å². The molecule has 0 aromatic heterocycles. The van der Waals surface area contributed by atoms with E-state index < -0.39 is 10.0 Å². The van der Waals surface area contributed by atoms with Gasteiger partial charge in [0.25, 0.3) is 0 Å². The third-order valence-electron chi connectivity index (χ3n) is 2.91. The summed E-state index contributed by atoms with van der Waals surface area (Å²) in [6.07, 6.45) is 2.84. The number of carbonyl (C=O) groups excluding carboxylic acids is 1. The highest BCUT2D eigenvalue weighted by Crippen LogP contribution is 2.26. The lowest BCUT2D eigenvalue weighted by atomic mass is 10.2.